The summed E-state index contributed by atoms with van der Waals surface area (Å²) in [5.41, 5.74) is -0.791. The molecule has 0 spiro atoms. The lowest BCUT2D eigenvalue weighted by Crippen LogP contribution is -2.26. The van der Waals surface area contributed by atoms with Gasteiger partial charge in [-0.05, 0) is 18.9 Å². The molecule has 0 aromatic carbocycles. The fraction of sp³-hybridized carbons (Fsp3) is 0.471. The molecular weight excluding hydrogens is 369 g/mol. The van der Waals surface area contributed by atoms with Gasteiger partial charge in [0.25, 0.3) is 0 Å². The zero-order valence-electron chi connectivity index (χ0n) is 13.7. The molecule has 2 aromatic rings. The fourth-order valence-corrected chi connectivity index (χ4v) is 3.11. The maximum atomic E-state index is 12.6. The largest absolute Gasteiger partial charge is 0.472 e. The van der Waals surface area contributed by atoms with Gasteiger partial charge in [0.1, 0.15) is 22.9 Å². The molecule has 5 nitrogen and oxygen atoms in total. The molecule has 138 valence electrons. The van der Waals surface area contributed by atoms with Crippen molar-refractivity contribution in [1.29, 1.82) is 0 Å². The molecule has 0 amide bonds. The summed E-state index contributed by atoms with van der Waals surface area (Å²) in [7, 11) is 0. The van der Waals surface area contributed by atoms with Crippen LogP contribution in [0.4, 0.5) is 19.0 Å². The molecule has 1 saturated heterocycles. The topological polar surface area (TPSA) is 51.1 Å². The Hall–Kier alpha value is -2.09. The molecule has 0 radical (unpaired) electrons. The van der Waals surface area contributed by atoms with E-state index in [0.717, 1.165) is 49.7 Å². The van der Waals surface area contributed by atoms with Crippen molar-refractivity contribution in [2.24, 2.45) is 0 Å². The number of ether oxygens (including phenoxy) is 1. The molecule has 26 heavy (non-hydrogen) atoms. The van der Waals surface area contributed by atoms with Crippen LogP contribution in [0.15, 0.2) is 24.4 Å². The first-order valence-corrected chi connectivity index (χ1v) is 8.75. The summed E-state index contributed by atoms with van der Waals surface area (Å²) in [5, 5.41) is 0.422. The summed E-state index contributed by atoms with van der Waals surface area (Å²) in [6.07, 6.45) is -0.883. The average molecular weight is 385 g/mol. The molecule has 9 heteroatoms. The minimum absolute atomic E-state index is 0.169. The minimum atomic E-state index is -4.40. The number of pyridine rings is 1. The van der Waals surface area contributed by atoms with Gasteiger partial charge in [0, 0.05) is 37.2 Å². The van der Waals surface area contributed by atoms with Crippen molar-refractivity contribution in [1.82, 2.24) is 15.0 Å². The molecule has 2 aliphatic rings. The molecule has 0 N–H and O–H groups in total. The third kappa shape index (κ3) is 3.85. The molecule has 4 rings (SSSR count). The molecule has 2 fully saturated rings. The third-order valence-electron chi connectivity index (χ3n) is 4.46. The summed E-state index contributed by atoms with van der Waals surface area (Å²) in [6.45, 7) is 1.29. The Labute approximate surface area is 153 Å². The predicted octanol–water partition coefficient (Wildman–Crippen LogP) is 4.08. The second-order valence-corrected chi connectivity index (χ2v) is 6.93. The van der Waals surface area contributed by atoms with E-state index in [1.807, 2.05) is 4.90 Å². The quantitative estimate of drug-likeness (QED) is 0.743. The maximum Gasteiger partial charge on any atom is 0.417 e. The van der Waals surface area contributed by atoms with Crippen molar-refractivity contribution in [3.63, 3.8) is 0 Å². The highest BCUT2D eigenvalue weighted by Gasteiger charge is 2.32. The zero-order chi connectivity index (χ0) is 18.3. The molecule has 1 unspecified atom stereocenters. The smallest absolute Gasteiger partial charge is 0.417 e. The average Bonchev–Trinajstić information content (AvgIpc) is 3.34. The van der Waals surface area contributed by atoms with Crippen LogP contribution in [0.25, 0.3) is 0 Å². The van der Waals surface area contributed by atoms with Crippen LogP contribution in [-0.4, -0.2) is 34.1 Å². The number of halogens is 4. The zero-order valence-corrected chi connectivity index (χ0v) is 14.5. The molecule has 1 atom stereocenters. The molecule has 1 aliphatic carbocycles. The van der Waals surface area contributed by atoms with E-state index >= 15 is 0 Å². The van der Waals surface area contributed by atoms with Crippen LogP contribution in [-0.2, 0) is 6.18 Å². The van der Waals surface area contributed by atoms with Crippen molar-refractivity contribution in [2.75, 3.05) is 18.0 Å². The van der Waals surface area contributed by atoms with Crippen LogP contribution in [0.1, 0.15) is 36.6 Å². The lowest BCUT2D eigenvalue weighted by molar-refractivity contribution is -0.137. The van der Waals surface area contributed by atoms with Gasteiger partial charge in [-0.1, -0.05) is 11.6 Å². The molecule has 0 bridgehead atoms. The van der Waals surface area contributed by atoms with Crippen molar-refractivity contribution >= 4 is 17.4 Å². The normalized spacial score (nSPS) is 20.5. The van der Waals surface area contributed by atoms with Crippen LogP contribution in [0.3, 0.4) is 0 Å². The van der Waals surface area contributed by atoms with Crippen LogP contribution >= 0.6 is 11.6 Å². The number of hydrogen-bond acceptors (Lipinski definition) is 5. The van der Waals surface area contributed by atoms with Gasteiger partial charge < -0.3 is 9.64 Å². The molecular formula is C17H16ClF3N4O. The highest BCUT2D eigenvalue weighted by Crippen LogP contribution is 2.39. The Morgan fingerprint density at radius 1 is 1.15 bits per heavy atom. The molecule has 2 aromatic heterocycles. The van der Waals surface area contributed by atoms with Crippen molar-refractivity contribution in [3.8, 4) is 5.88 Å². The van der Waals surface area contributed by atoms with E-state index in [9.17, 15) is 13.2 Å². The fourth-order valence-electron chi connectivity index (χ4n) is 2.93. The Morgan fingerprint density at radius 3 is 2.62 bits per heavy atom. The van der Waals surface area contributed by atoms with E-state index in [1.165, 1.54) is 6.07 Å². The van der Waals surface area contributed by atoms with Crippen molar-refractivity contribution in [2.45, 2.75) is 37.5 Å². The summed E-state index contributed by atoms with van der Waals surface area (Å²) < 4.78 is 43.5. The molecule has 1 saturated carbocycles. The van der Waals surface area contributed by atoms with Gasteiger partial charge in [-0.2, -0.15) is 13.2 Å². The van der Waals surface area contributed by atoms with Gasteiger partial charge in [0.15, 0.2) is 0 Å². The SMILES string of the molecule is FC(F)(F)c1ccc(OC2CCN(c3cc(Cl)nc(C4CC4)n3)C2)nc1. The van der Waals surface area contributed by atoms with Crippen LogP contribution in [0, 0.1) is 0 Å². The van der Waals surface area contributed by atoms with Gasteiger partial charge >= 0.3 is 6.18 Å². The van der Waals surface area contributed by atoms with Crippen LogP contribution < -0.4 is 9.64 Å². The third-order valence-corrected chi connectivity index (χ3v) is 4.65. The lowest BCUT2D eigenvalue weighted by Gasteiger charge is -2.18. The maximum absolute atomic E-state index is 12.6. The van der Waals surface area contributed by atoms with E-state index in [-0.39, 0.29) is 12.0 Å². The Kier molecular flexibility index (Phi) is 4.38. The lowest BCUT2D eigenvalue weighted by atomic mass is 10.3. The van der Waals surface area contributed by atoms with Gasteiger partial charge in [-0.3, -0.25) is 0 Å². The first kappa shape index (κ1) is 17.3. The summed E-state index contributed by atoms with van der Waals surface area (Å²) in [5.74, 6) is 2.13. The Morgan fingerprint density at radius 2 is 1.96 bits per heavy atom. The standard InChI is InChI=1S/C17H16ClF3N4O/c18-13-7-14(24-16(23-13)10-1-2-10)25-6-5-12(9-25)26-15-4-3-11(8-22-15)17(19,20)21/h3-4,7-8,10,12H,1-2,5-6,9H2. The van der Waals surface area contributed by atoms with E-state index in [1.54, 1.807) is 6.07 Å². The van der Waals surface area contributed by atoms with Gasteiger partial charge in [0.05, 0.1) is 12.1 Å². The van der Waals surface area contributed by atoms with E-state index < -0.39 is 11.7 Å². The van der Waals surface area contributed by atoms with Crippen LogP contribution in [0.2, 0.25) is 5.15 Å². The van der Waals surface area contributed by atoms with E-state index in [2.05, 4.69) is 15.0 Å². The first-order valence-electron chi connectivity index (χ1n) is 8.38. The summed E-state index contributed by atoms with van der Waals surface area (Å²) in [4.78, 5) is 14.7. The second-order valence-electron chi connectivity index (χ2n) is 6.54. The number of alkyl halides is 3. The number of anilines is 1. The number of aromatic nitrogens is 3. The van der Waals surface area contributed by atoms with Gasteiger partial charge in [-0.25, -0.2) is 15.0 Å². The number of nitrogens with zero attached hydrogens (tertiary/aromatic N) is 4. The predicted molar refractivity (Wildman–Crippen MR) is 89.5 cm³/mol. The highest BCUT2D eigenvalue weighted by molar-refractivity contribution is 6.29. The van der Waals surface area contributed by atoms with Gasteiger partial charge in [0.2, 0.25) is 5.88 Å². The minimum Gasteiger partial charge on any atom is -0.472 e. The first-order chi connectivity index (χ1) is 12.4. The summed E-state index contributed by atoms with van der Waals surface area (Å²) in [6, 6.07) is 3.95. The van der Waals surface area contributed by atoms with E-state index in [0.29, 0.717) is 17.6 Å². The molecule has 3 heterocycles. The number of hydrogen-bond donors (Lipinski definition) is 0. The van der Waals surface area contributed by atoms with Gasteiger partial charge in [-0.15, -0.1) is 0 Å². The van der Waals surface area contributed by atoms with Crippen molar-refractivity contribution in [3.05, 3.63) is 40.9 Å². The summed E-state index contributed by atoms with van der Waals surface area (Å²) >= 11 is 6.11. The van der Waals surface area contributed by atoms with Crippen molar-refractivity contribution < 1.29 is 17.9 Å². The second kappa shape index (κ2) is 6.57. The monoisotopic (exact) mass is 384 g/mol. The van der Waals surface area contributed by atoms with Crippen LogP contribution in [0.5, 0.6) is 5.88 Å². The Bertz CT molecular complexity index is 796. The molecule has 1 aliphatic heterocycles. The highest BCUT2D eigenvalue weighted by atomic mass is 35.5. The Balaban J connectivity index is 1.41. The van der Waals surface area contributed by atoms with E-state index in [4.69, 9.17) is 16.3 Å². The number of rotatable bonds is 4.